The summed E-state index contributed by atoms with van der Waals surface area (Å²) in [5.74, 6) is -1.16. The van der Waals surface area contributed by atoms with Crippen LogP contribution in [0.15, 0.2) is 35.9 Å². The van der Waals surface area contributed by atoms with E-state index >= 15 is 0 Å². The third-order valence-electron chi connectivity index (χ3n) is 6.59. The molecule has 1 aliphatic heterocycles. The van der Waals surface area contributed by atoms with Crippen LogP contribution < -0.4 is 14.8 Å². The maximum absolute atomic E-state index is 14.8. The largest absolute Gasteiger partial charge is 0.586 e. The molecule has 5 nitrogen and oxygen atoms in total. The second kappa shape index (κ2) is 6.75. The van der Waals surface area contributed by atoms with Gasteiger partial charge in [0.05, 0.1) is 17.7 Å². The molecule has 0 atom stereocenters. The highest BCUT2D eigenvalue weighted by Gasteiger charge is 2.53. The van der Waals surface area contributed by atoms with Gasteiger partial charge in [0.2, 0.25) is 5.91 Å². The van der Waals surface area contributed by atoms with Gasteiger partial charge in [0.15, 0.2) is 11.5 Å². The molecule has 2 aliphatic carbocycles. The number of benzene rings is 2. The number of fused-ring (bicyclic) bond motifs is 2. The second-order valence-electron chi connectivity index (χ2n) is 9.28. The van der Waals surface area contributed by atoms with Crippen molar-refractivity contribution >= 4 is 17.7 Å². The number of carbonyl (C=O) groups excluding carboxylic acids is 1. The SMILES string of the molecule is CC(C)(CO)C1=Cc2cc(NC(=O)C3(c4ccc5c(c4)OC(F)(F)O5)CC3)c(F)cc2C1. The number of amides is 1. The smallest absolute Gasteiger partial charge is 0.395 e. The second-order valence-corrected chi connectivity index (χ2v) is 9.28. The van der Waals surface area contributed by atoms with Gasteiger partial charge in [-0.1, -0.05) is 31.6 Å². The number of carbonyl (C=O) groups is 1. The van der Waals surface area contributed by atoms with E-state index in [-0.39, 0.29) is 23.8 Å². The first-order valence-corrected chi connectivity index (χ1v) is 10.4. The van der Waals surface area contributed by atoms with Crippen molar-refractivity contribution in [3.63, 3.8) is 0 Å². The number of anilines is 1. The highest BCUT2D eigenvalue weighted by atomic mass is 19.3. The fourth-order valence-electron chi connectivity index (χ4n) is 4.26. The van der Waals surface area contributed by atoms with Gasteiger partial charge in [-0.15, -0.1) is 8.78 Å². The molecule has 1 saturated carbocycles. The Kier molecular flexibility index (Phi) is 4.40. The molecule has 2 aromatic carbocycles. The van der Waals surface area contributed by atoms with Gasteiger partial charge in [-0.2, -0.15) is 0 Å². The highest BCUT2D eigenvalue weighted by Crippen LogP contribution is 2.52. The molecule has 168 valence electrons. The van der Waals surface area contributed by atoms with Crippen LogP contribution in [0, 0.1) is 11.2 Å². The zero-order chi connectivity index (χ0) is 22.9. The molecule has 0 spiro atoms. The molecule has 2 aromatic rings. The Balaban J connectivity index is 1.39. The number of halogens is 3. The lowest BCUT2D eigenvalue weighted by atomic mass is 9.84. The first-order chi connectivity index (χ1) is 15.0. The lowest BCUT2D eigenvalue weighted by molar-refractivity contribution is -0.286. The Morgan fingerprint density at radius 2 is 1.88 bits per heavy atom. The summed E-state index contributed by atoms with van der Waals surface area (Å²) < 4.78 is 50.3. The Morgan fingerprint density at radius 1 is 1.16 bits per heavy atom. The average Bonchev–Trinajstić information content (AvgIpc) is 3.34. The number of rotatable bonds is 5. The van der Waals surface area contributed by atoms with Crippen molar-refractivity contribution in [1.82, 2.24) is 0 Å². The molecule has 1 fully saturated rings. The maximum atomic E-state index is 14.8. The number of nitrogens with one attached hydrogen (secondary N) is 1. The van der Waals surface area contributed by atoms with E-state index in [9.17, 15) is 23.1 Å². The van der Waals surface area contributed by atoms with E-state index < -0.39 is 28.8 Å². The summed E-state index contributed by atoms with van der Waals surface area (Å²) in [5, 5.41) is 12.3. The summed E-state index contributed by atoms with van der Waals surface area (Å²) in [4.78, 5) is 13.1. The van der Waals surface area contributed by atoms with Crippen LogP contribution in [0.2, 0.25) is 0 Å². The minimum absolute atomic E-state index is 0.0249. The van der Waals surface area contributed by atoms with E-state index in [1.54, 1.807) is 12.1 Å². The molecule has 0 aromatic heterocycles. The van der Waals surface area contributed by atoms with E-state index in [1.165, 1.54) is 18.2 Å². The summed E-state index contributed by atoms with van der Waals surface area (Å²) >= 11 is 0. The molecule has 1 heterocycles. The number of aliphatic hydroxyl groups excluding tert-OH is 1. The topological polar surface area (TPSA) is 67.8 Å². The molecule has 32 heavy (non-hydrogen) atoms. The zero-order valence-electron chi connectivity index (χ0n) is 17.6. The van der Waals surface area contributed by atoms with Crippen molar-refractivity contribution in [1.29, 1.82) is 0 Å². The molecule has 5 rings (SSSR count). The van der Waals surface area contributed by atoms with Crippen LogP contribution in [-0.2, 0) is 16.6 Å². The Labute approximate surface area is 182 Å². The van der Waals surface area contributed by atoms with E-state index in [0.29, 0.717) is 24.8 Å². The third-order valence-corrected chi connectivity index (χ3v) is 6.59. The number of alkyl halides is 2. The van der Waals surface area contributed by atoms with Crippen molar-refractivity contribution in [2.24, 2.45) is 5.41 Å². The van der Waals surface area contributed by atoms with Gasteiger partial charge in [-0.05, 0) is 60.2 Å². The predicted molar refractivity (Wildman–Crippen MR) is 111 cm³/mol. The van der Waals surface area contributed by atoms with Gasteiger partial charge in [0.1, 0.15) is 5.82 Å². The van der Waals surface area contributed by atoms with Gasteiger partial charge in [-0.25, -0.2) is 4.39 Å². The summed E-state index contributed by atoms with van der Waals surface area (Å²) in [6.07, 6.45) is -0.248. The summed E-state index contributed by atoms with van der Waals surface area (Å²) in [5.41, 5.74) is 1.82. The molecule has 1 amide bonds. The van der Waals surface area contributed by atoms with Gasteiger partial charge >= 0.3 is 6.29 Å². The maximum Gasteiger partial charge on any atom is 0.586 e. The standard InChI is InChI=1S/C24H22F3NO4/c1-22(2,12-29)16-7-13-9-17(25)18(10-14(13)8-16)28-21(30)23(5-6-23)15-3-4-19-20(11-15)32-24(26,27)31-19/h3-4,8-11,29H,5-7,12H2,1-2H3,(H,28,30). The number of ether oxygens (including phenoxy) is 2. The Morgan fingerprint density at radius 3 is 2.56 bits per heavy atom. The van der Waals surface area contributed by atoms with Gasteiger partial charge in [0.25, 0.3) is 0 Å². The highest BCUT2D eigenvalue weighted by molar-refractivity contribution is 6.02. The van der Waals surface area contributed by atoms with Gasteiger partial charge < -0.3 is 19.9 Å². The Bertz CT molecular complexity index is 1170. The van der Waals surface area contributed by atoms with Crippen molar-refractivity contribution in [2.75, 3.05) is 11.9 Å². The van der Waals surface area contributed by atoms with Crippen molar-refractivity contribution < 1.29 is 32.5 Å². The molecular formula is C24H22F3NO4. The lowest BCUT2D eigenvalue weighted by Gasteiger charge is -2.23. The van der Waals surface area contributed by atoms with Crippen LogP contribution >= 0.6 is 0 Å². The molecule has 3 aliphatic rings. The van der Waals surface area contributed by atoms with E-state index in [2.05, 4.69) is 14.8 Å². The number of hydrogen-bond acceptors (Lipinski definition) is 4. The Hall–Kier alpha value is -3.00. The van der Waals surface area contributed by atoms with E-state index in [0.717, 1.165) is 16.7 Å². The third kappa shape index (κ3) is 3.33. The van der Waals surface area contributed by atoms with Crippen LogP contribution in [0.5, 0.6) is 11.5 Å². The molecule has 0 unspecified atom stereocenters. The minimum Gasteiger partial charge on any atom is -0.395 e. The van der Waals surface area contributed by atoms with Crippen LogP contribution in [0.1, 0.15) is 43.4 Å². The summed E-state index contributed by atoms with van der Waals surface area (Å²) in [6.45, 7) is 3.81. The molecule has 8 heteroatoms. The predicted octanol–water partition coefficient (Wildman–Crippen LogP) is 4.78. The first-order valence-electron chi connectivity index (χ1n) is 10.4. The fraction of sp³-hybridized carbons (Fsp3) is 0.375. The van der Waals surface area contributed by atoms with E-state index in [1.807, 2.05) is 19.9 Å². The average molecular weight is 445 g/mol. The van der Waals surface area contributed by atoms with Gasteiger partial charge in [0, 0.05) is 5.41 Å². The molecule has 0 saturated heterocycles. The van der Waals surface area contributed by atoms with E-state index in [4.69, 9.17) is 0 Å². The monoisotopic (exact) mass is 445 g/mol. The molecule has 0 bridgehead atoms. The van der Waals surface area contributed by atoms with Crippen LogP contribution in [0.25, 0.3) is 6.08 Å². The van der Waals surface area contributed by atoms with Crippen molar-refractivity contribution in [3.05, 3.63) is 58.4 Å². The molecule has 0 radical (unpaired) electrons. The molecular weight excluding hydrogens is 423 g/mol. The minimum atomic E-state index is -3.73. The lowest BCUT2D eigenvalue weighted by Crippen LogP contribution is -2.28. The van der Waals surface area contributed by atoms with Gasteiger partial charge in [-0.3, -0.25) is 4.79 Å². The normalized spacial score (nSPS) is 19.4. The van der Waals surface area contributed by atoms with Crippen LogP contribution in [0.4, 0.5) is 18.9 Å². The number of aliphatic hydroxyl groups is 1. The fourth-order valence-corrected chi connectivity index (χ4v) is 4.26. The number of hydrogen-bond donors (Lipinski definition) is 2. The summed E-state index contributed by atoms with van der Waals surface area (Å²) in [6, 6.07) is 7.29. The zero-order valence-corrected chi connectivity index (χ0v) is 17.6. The van der Waals surface area contributed by atoms with Crippen LogP contribution in [-0.4, -0.2) is 23.9 Å². The molecule has 2 N–H and O–H groups in total. The summed E-state index contributed by atoms with van der Waals surface area (Å²) in [7, 11) is 0. The van der Waals surface area contributed by atoms with Crippen molar-refractivity contribution in [2.45, 2.75) is 44.8 Å². The van der Waals surface area contributed by atoms with Crippen LogP contribution in [0.3, 0.4) is 0 Å². The first kappa shape index (κ1) is 20.9. The quantitative estimate of drug-likeness (QED) is 0.696. The van der Waals surface area contributed by atoms with Crippen molar-refractivity contribution in [3.8, 4) is 11.5 Å².